The first-order chi connectivity index (χ1) is 31.8. The minimum atomic E-state index is -1.01. The number of carbonyl (C=O) groups is 4. The number of rotatable bonds is 23. The minimum Gasteiger partial charge on any atom is -0.491 e. The van der Waals surface area contributed by atoms with Gasteiger partial charge in [0.25, 0.3) is 11.8 Å². The van der Waals surface area contributed by atoms with Gasteiger partial charge in [0.15, 0.2) is 0 Å². The lowest BCUT2D eigenvalue weighted by atomic mass is 10.0. The molecule has 2 unspecified atom stereocenters. The normalized spacial score (nSPS) is 18.7. The summed E-state index contributed by atoms with van der Waals surface area (Å²) in [6.45, 7) is 10.4. The van der Waals surface area contributed by atoms with E-state index in [1.807, 2.05) is 24.3 Å². The van der Waals surface area contributed by atoms with Gasteiger partial charge in [0.05, 0.1) is 70.0 Å². The number of nitrogens with one attached hydrogen (secondary N) is 3. The molecule has 2 saturated heterocycles. The second kappa shape index (κ2) is 22.6. The van der Waals surface area contributed by atoms with Crippen LogP contribution in [0.4, 0.5) is 11.6 Å². The number of benzene rings is 3. The monoisotopic (exact) mass is 910 g/mol. The molecule has 2 fully saturated rings. The number of hydrogen-bond donors (Lipinski definition) is 3. The van der Waals surface area contributed by atoms with Crippen LogP contribution in [0.15, 0.2) is 73.1 Å². The molecule has 4 aliphatic heterocycles. The molecule has 18 heteroatoms. The topological polar surface area (TPSA) is 186 Å². The Hall–Kier alpha value is -5.53. The highest BCUT2D eigenvalue weighted by molar-refractivity contribution is 6.31. The average Bonchev–Trinajstić information content (AvgIpc) is 3.86. The summed E-state index contributed by atoms with van der Waals surface area (Å²) in [6.07, 6.45) is 2.57. The first kappa shape index (κ1) is 46.0. The van der Waals surface area contributed by atoms with Gasteiger partial charge in [-0.3, -0.25) is 39.2 Å². The van der Waals surface area contributed by atoms with Gasteiger partial charge >= 0.3 is 0 Å². The fraction of sp³-hybridized carbons (Fsp3) is 0.447. The Balaban J connectivity index is 0.612. The lowest BCUT2D eigenvalue weighted by Crippen LogP contribution is -2.54. The summed E-state index contributed by atoms with van der Waals surface area (Å²) in [7, 11) is 0. The van der Waals surface area contributed by atoms with E-state index in [0.29, 0.717) is 65.1 Å². The van der Waals surface area contributed by atoms with Crippen LogP contribution < -0.4 is 20.7 Å². The summed E-state index contributed by atoms with van der Waals surface area (Å²) in [6, 6.07) is 20.5. The van der Waals surface area contributed by atoms with Crippen molar-refractivity contribution in [1.82, 2.24) is 30.0 Å². The van der Waals surface area contributed by atoms with Gasteiger partial charge in [-0.05, 0) is 47.4 Å². The van der Waals surface area contributed by atoms with Crippen LogP contribution in [-0.4, -0.2) is 147 Å². The number of piperidine rings is 1. The zero-order valence-electron chi connectivity index (χ0n) is 36.3. The molecule has 5 heterocycles. The molecular formula is C47H55ClN8O9. The Morgan fingerprint density at radius 2 is 1.42 bits per heavy atom. The van der Waals surface area contributed by atoms with E-state index in [0.717, 1.165) is 78.4 Å². The molecule has 4 aromatic rings. The maximum atomic E-state index is 13.0. The summed E-state index contributed by atoms with van der Waals surface area (Å²) in [4.78, 5) is 64.5. The van der Waals surface area contributed by atoms with Crippen LogP contribution in [0.5, 0.6) is 5.75 Å². The maximum absolute atomic E-state index is 13.0. The summed E-state index contributed by atoms with van der Waals surface area (Å²) in [5.41, 5.74) is 5.03. The number of carbonyl (C=O) groups excluding carboxylic acids is 4. The SMILES string of the molecule is O=C1CCC(N2C(=O)c3ccc(OCCOCCOCCOCCOCCN4CCN(Cc5ccc(C6Cc7c(NCc8ccccc8Cl)ncnc7N6)cc5)CC4)cc3C2=O)C(=O)N1. The molecule has 17 nitrogen and oxygen atoms in total. The number of imide groups is 2. The van der Waals surface area contributed by atoms with Gasteiger partial charge in [-0.15, -0.1) is 0 Å². The van der Waals surface area contributed by atoms with Crippen LogP contribution in [0.2, 0.25) is 5.02 Å². The van der Waals surface area contributed by atoms with E-state index in [1.165, 1.54) is 23.3 Å². The van der Waals surface area contributed by atoms with E-state index in [9.17, 15) is 19.2 Å². The number of aromatic nitrogens is 2. The van der Waals surface area contributed by atoms with Crippen molar-refractivity contribution < 1.29 is 42.9 Å². The van der Waals surface area contributed by atoms with Crippen molar-refractivity contribution in [3.8, 4) is 5.75 Å². The van der Waals surface area contributed by atoms with Gasteiger partial charge in [-0.1, -0.05) is 54.1 Å². The van der Waals surface area contributed by atoms with Gasteiger partial charge in [0, 0.05) is 69.2 Å². The number of halogens is 1. The third-order valence-corrected chi connectivity index (χ3v) is 12.3. The standard InChI is InChI=1S/C47H55ClN8O9/c48-39-4-2-1-3-34(39)29-49-43-38-28-40(52-44(38)51-31-50-43)33-7-5-32(6-8-33)30-55-15-13-54(14-16-55)17-18-61-19-20-62-21-22-63-23-24-64-25-26-65-35-9-10-36-37(27-35)47(60)56(46(36)59)41-11-12-42(57)53-45(41)58/h1-10,27,31,40-41H,11-26,28-30H2,(H,53,57,58)(H2,49,50,51,52). The Morgan fingerprint density at radius 1 is 0.738 bits per heavy atom. The molecule has 0 bridgehead atoms. The fourth-order valence-corrected chi connectivity index (χ4v) is 8.53. The molecule has 4 aliphatic rings. The van der Waals surface area contributed by atoms with E-state index in [4.69, 9.17) is 35.3 Å². The molecule has 4 amide bonds. The van der Waals surface area contributed by atoms with E-state index < -0.39 is 29.7 Å². The van der Waals surface area contributed by atoms with Crippen molar-refractivity contribution in [2.75, 3.05) is 103 Å². The molecule has 1 aromatic heterocycles. The van der Waals surface area contributed by atoms with Crippen LogP contribution in [0.1, 0.15) is 61.9 Å². The third-order valence-electron chi connectivity index (χ3n) is 11.9. The van der Waals surface area contributed by atoms with Crippen LogP contribution in [0, 0.1) is 0 Å². The summed E-state index contributed by atoms with van der Waals surface area (Å²) < 4.78 is 28.3. The summed E-state index contributed by atoms with van der Waals surface area (Å²) in [5.74, 6) is -0.0886. The van der Waals surface area contributed by atoms with Crippen molar-refractivity contribution in [3.05, 3.63) is 111 Å². The molecular weight excluding hydrogens is 856 g/mol. The molecule has 8 rings (SSSR count). The highest BCUT2D eigenvalue weighted by atomic mass is 35.5. The van der Waals surface area contributed by atoms with Crippen LogP contribution in [-0.2, 0) is 48.0 Å². The predicted molar refractivity (Wildman–Crippen MR) is 241 cm³/mol. The lowest BCUT2D eigenvalue weighted by molar-refractivity contribution is -0.136. The maximum Gasteiger partial charge on any atom is 0.262 e. The van der Waals surface area contributed by atoms with E-state index in [2.05, 4.69) is 60.0 Å². The van der Waals surface area contributed by atoms with Crippen molar-refractivity contribution in [1.29, 1.82) is 0 Å². The molecule has 344 valence electrons. The van der Waals surface area contributed by atoms with Crippen LogP contribution in [0.25, 0.3) is 0 Å². The Morgan fingerprint density at radius 3 is 2.14 bits per heavy atom. The fourth-order valence-electron chi connectivity index (χ4n) is 8.32. The van der Waals surface area contributed by atoms with Crippen LogP contribution >= 0.6 is 11.6 Å². The van der Waals surface area contributed by atoms with Crippen molar-refractivity contribution >= 4 is 46.9 Å². The van der Waals surface area contributed by atoms with Gasteiger partial charge in [0.1, 0.15) is 36.4 Å². The first-order valence-electron chi connectivity index (χ1n) is 22.2. The summed E-state index contributed by atoms with van der Waals surface area (Å²) in [5, 5.41) is 9.97. The Labute approximate surface area is 383 Å². The molecule has 0 aliphatic carbocycles. The molecule has 0 saturated carbocycles. The number of piperazine rings is 1. The number of fused-ring (bicyclic) bond motifs is 2. The molecule has 2 atom stereocenters. The Bertz CT molecular complexity index is 2290. The number of nitrogens with zero attached hydrogens (tertiary/aromatic N) is 5. The number of anilines is 2. The number of ether oxygens (including phenoxy) is 5. The quantitative estimate of drug-likeness (QED) is 0.0713. The summed E-state index contributed by atoms with van der Waals surface area (Å²) >= 11 is 6.36. The number of amides is 4. The zero-order chi connectivity index (χ0) is 45.0. The minimum absolute atomic E-state index is 0.0643. The smallest absolute Gasteiger partial charge is 0.262 e. The Kier molecular flexibility index (Phi) is 16.0. The first-order valence-corrected chi connectivity index (χ1v) is 22.6. The van der Waals surface area contributed by atoms with Crippen molar-refractivity contribution in [3.63, 3.8) is 0 Å². The molecule has 0 spiro atoms. The molecule has 0 radical (unpaired) electrons. The van der Waals surface area contributed by atoms with Gasteiger partial charge in [-0.25, -0.2) is 9.97 Å². The highest BCUT2D eigenvalue weighted by Crippen LogP contribution is 2.36. The lowest BCUT2D eigenvalue weighted by Gasteiger charge is -2.34. The second-order valence-electron chi connectivity index (χ2n) is 16.2. The van der Waals surface area contributed by atoms with Crippen molar-refractivity contribution in [2.24, 2.45) is 0 Å². The second-order valence-corrected chi connectivity index (χ2v) is 16.6. The van der Waals surface area contributed by atoms with E-state index in [1.54, 1.807) is 12.4 Å². The highest BCUT2D eigenvalue weighted by Gasteiger charge is 2.44. The zero-order valence-corrected chi connectivity index (χ0v) is 37.1. The molecule has 3 N–H and O–H groups in total. The largest absolute Gasteiger partial charge is 0.491 e. The van der Waals surface area contributed by atoms with Gasteiger partial charge in [-0.2, -0.15) is 0 Å². The predicted octanol–water partition coefficient (Wildman–Crippen LogP) is 4.12. The number of hydrogen-bond acceptors (Lipinski definition) is 15. The van der Waals surface area contributed by atoms with Crippen LogP contribution in [0.3, 0.4) is 0 Å². The third kappa shape index (κ3) is 12.0. The molecule has 65 heavy (non-hydrogen) atoms. The van der Waals surface area contributed by atoms with Gasteiger partial charge in [0.2, 0.25) is 11.8 Å². The van der Waals surface area contributed by atoms with Crippen molar-refractivity contribution in [2.45, 2.75) is 44.4 Å². The van der Waals surface area contributed by atoms with E-state index >= 15 is 0 Å². The molecule has 3 aromatic carbocycles. The van der Waals surface area contributed by atoms with Gasteiger partial charge < -0.3 is 34.3 Å². The van der Waals surface area contributed by atoms with E-state index in [-0.39, 0.29) is 36.6 Å². The average molecular weight is 911 g/mol.